The normalized spacial score (nSPS) is 11.8. The third-order valence-corrected chi connectivity index (χ3v) is 3.36. The van der Waals surface area contributed by atoms with Gasteiger partial charge in [-0.1, -0.05) is 27.7 Å². The Hall–Kier alpha value is 0.314. The summed E-state index contributed by atoms with van der Waals surface area (Å²) in [6.45, 7) is 7.52. The van der Waals surface area contributed by atoms with E-state index in [1.54, 1.807) is 0 Å². The van der Waals surface area contributed by atoms with Crippen LogP contribution in [0.15, 0.2) is 0 Å². The second kappa shape index (κ2) is 11.0. The molecular weight excluding hydrogens is 339 g/mol. The van der Waals surface area contributed by atoms with Crippen molar-refractivity contribution in [1.82, 2.24) is 0 Å². The zero-order valence-electron chi connectivity index (χ0n) is 11.6. The molecule has 0 aliphatic rings. The van der Waals surface area contributed by atoms with Gasteiger partial charge in [0.15, 0.2) is 0 Å². The maximum Gasteiger partial charge on any atom is 2.00 e. The molecule has 0 heterocycles. The number of rotatable bonds is 6. The summed E-state index contributed by atoms with van der Waals surface area (Å²) in [6, 6.07) is 0. The second-order valence-corrected chi connectivity index (χ2v) is 7.94. The van der Waals surface area contributed by atoms with E-state index in [2.05, 4.69) is 0 Å². The van der Waals surface area contributed by atoms with Crippen LogP contribution in [-0.4, -0.2) is 37.4 Å². The van der Waals surface area contributed by atoms with Gasteiger partial charge in [-0.05, 0) is 24.7 Å². The zero-order chi connectivity index (χ0) is 15.0. The first kappa shape index (κ1) is 24.3. The van der Waals surface area contributed by atoms with Crippen molar-refractivity contribution in [3.63, 3.8) is 0 Å². The van der Waals surface area contributed by atoms with Crippen LogP contribution in [0.2, 0.25) is 0 Å². The van der Waals surface area contributed by atoms with E-state index in [9.17, 15) is 25.9 Å². The molecular formula is C10H22NiO6S2. The molecule has 0 saturated heterocycles. The molecule has 0 atom stereocenters. The van der Waals surface area contributed by atoms with Gasteiger partial charge < -0.3 is 9.11 Å². The van der Waals surface area contributed by atoms with Gasteiger partial charge in [-0.15, -0.1) is 0 Å². The van der Waals surface area contributed by atoms with Crippen LogP contribution in [0.4, 0.5) is 0 Å². The topological polar surface area (TPSA) is 114 Å². The third-order valence-electron chi connectivity index (χ3n) is 1.89. The molecule has 0 aromatic heterocycles. The van der Waals surface area contributed by atoms with Gasteiger partial charge in [-0.3, -0.25) is 0 Å². The molecule has 0 aromatic rings. The summed E-state index contributed by atoms with van der Waals surface area (Å²) in [4.78, 5) is 0. The molecule has 0 aliphatic heterocycles. The molecule has 0 fully saturated rings. The van der Waals surface area contributed by atoms with Crippen LogP contribution in [0.1, 0.15) is 40.5 Å². The van der Waals surface area contributed by atoms with Gasteiger partial charge in [-0.25, -0.2) is 16.8 Å². The molecule has 0 rings (SSSR count). The van der Waals surface area contributed by atoms with Crippen LogP contribution in [-0.2, 0) is 36.7 Å². The summed E-state index contributed by atoms with van der Waals surface area (Å²) in [5.41, 5.74) is 0. The Balaban J connectivity index is -0.000000256. The Morgan fingerprint density at radius 2 is 0.947 bits per heavy atom. The molecule has 0 aliphatic carbocycles. The zero-order valence-corrected chi connectivity index (χ0v) is 14.2. The molecule has 0 saturated carbocycles. The largest absolute Gasteiger partial charge is 2.00 e. The molecule has 120 valence electrons. The van der Waals surface area contributed by atoms with Crippen molar-refractivity contribution in [3.05, 3.63) is 0 Å². The monoisotopic (exact) mass is 360 g/mol. The molecule has 0 unspecified atom stereocenters. The van der Waals surface area contributed by atoms with E-state index >= 15 is 0 Å². The molecule has 19 heavy (non-hydrogen) atoms. The minimum atomic E-state index is -3.97. The van der Waals surface area contributed by atoms with Gasteiger partial charge in [0.2, 0.25) is 0 Å². The van der Waals surface area contributed by atoms with Crippen LogP contribution in [0.25, 0.3) is 0 Å². The maximum absolute atomic E-state index is 9.98. The fraction of sp³-hybridized carbons (Fsp3) is 1.00. The SMILES string of the molecule is CC(C)CCS(=O)(=O)[O-].CC(C)CCS(=O)(=O)[O-].[Ni+2]. The Bertz CT molecular complexity index is 360. The van der Waals surface area contributed by atoms with Crippen LogP contribution in [0.3, 0.4) is 0 Å². The van der Waals surface area contributed by atoms with Crippen molar-refractivity contribution in [3.8, 4) is 0 Å². The maximum atomic E-state index is 9.98. The van der Waals surface area contributed by atoms with Gasteiger partial charge in [-0.2, -0.15) is 0 Å². The minimum Gasteiger partial charge on any atom is -0.748 e. The van der Waals surface area contributed by atoms with Crippen molar-refractivity contribution in [2.45, 2.75) is 40.5 Å². The molecule has 0 spiro atoms. The van der Waals surface area contributed by atoms with E-state index in [0.717, 1.165) is 0 Å². The predicted octanol–water partition coefficient (Wildman–Crippen LogP) is 1.15. The number of hydrogen-bond acceptors (Lipinski definition) is 6. The molecule has 0 amide bonds. The summed E-state index contributed by atoms with van der Waals surface area (Å²) in [5.74, 6) is 0.109. The van der Waals surface area contributed by atoms with E-state index in [0.29, 0.717) is 12.8 Å². The van der Waals surface area contributed by atoms with Crippen molar-refractivity contribution >= 4 is 20.2 Å². The first-order valence-electron chi connectivity index (χ1n) is 5.70. The molecule has 0 N–H and O–H groups in total. The molecule has 0 aromatic carbocycles. The van der Waals surface area contributed by atoms with Gasteiger partial charge in [0.05, 0.1) is 20.2 Å². The Kier molecular flexibility index (Phi) is 14.1. The smallest absolute Gasteiger partial charge is 0.748 e. The van der Waals surface area contributed by atoms with E-state index in [4.69, 9.17) is 0 Å². The van der Waals surface area contributed by atoms with Gasteiger partial charge in [0.1, 0.15) is 0 Å². The van der Waals surface area contributed by atoms with Gasteiger partial charge in [0.25, 0.3) is 0 Å². The van der Waals surface area contributed by atoms with Crippen LogP contribution in [0.5, 0.6) is 0 Å². The van der Waals surface area contributed by atoms with E-state index in [1.165, 1.54) is 0 Å². The summed E-state index contributed by atoms with van der Waals surface area (Å²) in [5, 5.41) is 0. The van der Waals surface area contributed by atoms with E-state index in [1.807, 2.05) is 27.7 Å². The number of hydrogen-bond donors (Lipinski definition) is 0. The van der Waals surface area contributed by atoms with Gasteiger partial charge in [0, 0.05) is 11.5 Å². The van der Waals surface area contributed by atoms with Crippen LogP contribution >= 0.6 is 0 Å². The van der Waals surface area contributed by atoms with Crippen molar-refractivity contribution in [1.29, 1.82) is 0 Å². The van der Waals surface area contributed by atoms with Gasteiger partial charge >= 0.3 is 16.5 Å². The first-order valence-corrected chi connectivity index (χ1v) is 8.86. The molecule has 9 heteroatoms. The fourth-order valence-electron chi connectivity index (χ4n) is 0.760. The second-order valence-electron chi connectivity index (χ2n) is 4.89. The molecule has 0 radical (unpaired) electrons. The fourth-order valence-corrected chi connectivity index (χ4v) is 2.28. The molecule has 6 nitrogen and oxygen atoms in total. The summed E-state index contributed by atoms with van der Waals surface area (Å²) >= 11 is 0. The predicted molar refractivity (Wildman–Crippen MR) is 68.0 cm³/mol. The third kappa shape index (κ3) is 32.1. The average Bonchev–Trinajstić information content (AvgIpc) is 2.10. The average molecular weight is 361 g/mol. The first-order chi connectivity index (χ1) is 7.83. The van der Waals surface area contributed by atoms with E-state index in [-0.39, 0.29) is 39.8 Å². The summed E-state index contributed by atoms with van der Waals surface area (Å²) in [7, 11) is -7.94. The Labute approximate surface area is 126 Å². The summed E-state index contributed by atoms with van der Waals surface area (Å²) in [6.07, 6.45) is 0.928. The summed E-state index contributed by atoms with van der Waals surface area (Å²) < 4.78 is 59.9. The Morgan fingerprint density at radius 3 is 1.00 bits per heavy atom. The van der Waals surface area contributed by atoms with Crippen molar-refractivity contribution in [2.24, 2.45) is 11.8 Å². The minimum absolute atomic E-state index is 0. The standard InChI is InChI=1S/2C5H12O3S.Ni/c2*1-5(2)3-4-9(6,7)8;/h2*5H,3-4H2,1-2H3,(H,6,7,8);/q;;+2/p-2. The Morgan fingerprint density at radius 1 is 0.737 bits per heavy atom. The van der Waals surface area contributed by atoms with Crippen molar-refractivity contribution < 1.29 is 42.4 Å². The van der Waals surface area contributed by atoms with Crippen molar-refractivity contribution in [2.75, 3.05) is 11.5 Å². The quantitative estimate of drug-likeness (QED) is 0.518. The molecule has 0 bridgehead atoms. The van der Waals surface area contributed by atoms with Crippen LogP contribution < -0.4 is 0 Å². The van der Waals surface area contributed by atoms with Crippen LogP contribution in [0, 0.1) is 11.8 Å². The van der Waals surface area contributed by atoms with E-state index < -0.39 is 20.2 Å².